The van der Waals surface area contributed by atoms with Gasteiger partial charge in [0.1, 0.15) is 0 Å². The SMILES string of the molecule is CCC[C@@H](CN1CCOCC1)n1c(O)nc2ncc(Cl)cc21. The van der Waals surface area contributed by atoms with Gasteiger partial charge in [-0.05, 0) is 12.5 Å². The molecule has 1 saturated heterocycles. The van der Waals surface area contributed by atoms with Crippen LogP contribution >= 0.6 is 11.6 Å². The predicted octanol–water partition coefficient (Wildman–Crippen LogP) is 2.46. The van der Waals surface area contributed by atoms with Gasteiger partial charge in [0.25, 0.3) is 6.01 Å². The molecule has 0 radical (unpaired) electrons. The number of ether oxygens (including phenoxy) is 1. The molecular formula is C15H21ClN4O2. The molecule has 2 aromatic rings. The van der Waals surface area contributed by atoms with Crippen LogP contribution in [0.5, 0.6) is 6.01 Å². The number of pyridine rings is 1. The second kappa shape index (κ2) is 6.81. The third-order valence-corrected chi connectivity index (χ3v) is 4.26. The number of imidazole rings is 1. The standard InChI is InChI=1S/C15H21ClN4O2/c1-2-3-12(10-19-4-6-22-7-5-19)20-13-8-11(16)9-17-14(13)18-15(20)21/h8-9,12H,2-7,10H2,1H3,(H,17,18,21)/t12-/m0/s1. The molecule has 22 heavy (non-hydrogen) atoms. The van der Waals surface area contributed by atoms with E-state index in [2.05, 4.69) is 21.8 Å². The van der Waals surface area contributed by atoms with Crippen LogP contribution in [0.15, 0.2) is 12.3 Å². The Kier molecular flexibility index (Phi) is 4.81. The van der Waals surface area contributed by atoms with Gasteiger partial charge in [0.15, 0.2) is 5.65 Å². The number of hydrogen-bond donors (Lipinski definition) is 1. The van der Waals surface area contributed by atoms with Gasteiger partial charge in [-0.25, -0.2) is 4.98 Å². The summed E-state index contributed by atoms with van der Waals surface area (Å²) in [6, 6.07) is 1.98. The lowest BCUT2D eigenvalue weighted by Gasteiger charge is -2.31. The van der Waals surface area contributed by atoms with Crippen molar-refractivity contribution >= 4 is 22.8 Å². The summed E-state index contributed by atoms with van der Waals surface area (Å²) in [5, 5.41) is 10.8. The van der Waals surface area contributed by atoms with E-state index in [4.69, 9.17) is 16.3 Å². The van der Waals surface area contributed by atoms with Crippen molar-refractivity contribution < 1.29 is 9.84 Å². The first-order chi connectivity index (χ1) is 10.7. The van der Waals surface area contributed by atoms with Crippen molar-refractivity contribution in [2.45, 2.75) is 25.8 Å². The third-order valence-electron chi connectivity index (χ3n) is 4.05. The third kappa shape index (κ3) is 3.19. The maximum absolute atomic E-state index is 10.3. The highest BCUT2D eigenvalue weighted by Crippen LogP contribution is 2.29. The summed E-state index contributed by atoms with van der Waals surface area (Å²) >= 11 is 6.06. The molecule has 120 valence electrons. The lowest BCUT2D eigenvalue weighted by Crippen LogP contribution is -2.39. The Morgan fingerprint density at radius 3 is 2.91 bits per heavy atom. The van der Waals surface area contributed by atoms with Crippen LogP contribution < -0.4 is 0 Å². The zero-order chi connectivity index (χ0) is 15.5. The van der Waals surface area contributed by atoms with Crippen molar-refractivity contribution in [3.05, 3.63) is 17.3 Å². The molecule has 2 aromatic heterocycles. The fraction of sp³-hybridized carbons (Fsp3) is 0.600. The molecule has 7 heteroatoms. The molecule has 1 aliphatic rings. The fourth-order valence-corrected chi connectivity index (χ4v) is 3.17. The smallest absolute Gasteiger partial charge is 0.296 e. The Morgan fingerprint density at radius 2 is 2.18 bits per heavy atom. The first kappa shape index (κ1) is 15.5. The number of morpholine rings is 1. The van der Waals surface area contributed by atoms with Crippen LogP contribution in [0.4, 0.5) is 0 Å². The minimum absolute atomic E-state index is 0.0106. The quantitative estimate of drug-likeness (QED) is 0.915. The highest BCUT2D eigenvalue weighted by molar-refractivity contribution is 6.31. The molecule has 3 heterocycles. The van der Waals surface area contributed by atoms with Gasteiger partial charge in [-0.3, -0.25) is 9.47 Å². The molecule has 0 bridgehead atoms. The fourth-order valence-electron chi connectivity index (χ4n) is 3.02. The van der Waals surface area contributed by atoms with E-state index in [0.29, 0.717) is 10.7 Å². The number of fused-ring (bicyclic) bond motifs is 1. The van der Waals surface area contributed by atoms with Crippen LogP contribution in [0.25, 0.3) is 11.2 Å². The van der Waals surface area contributed by atoms with E-state index in [1.165, 1.54) is 0 Å². The average Bonchev–Trinajstić information content (AvgIpc) is 2.83. The number of rotatable bonds is 5. The summed E-state index contributed by atoms with van der Waals surface area (Å²) in [5.41, 5.74) is 1.32. The van der Waals surface area contributed by atoms with E-state index in [0.717, 1.165) is 51.2 Å². The Hall–Kier alpha value is -1.37. The summed E-state index contributed by atoms with van der Waals surface area (Å²) in [4.78, 5) is 10.7. The molecule has 1 atom stereocenters. The zero-order valence-electron chi connectivity index (χ0n) is 12.7. The molecule has 3 rings (SSSR count). The minimum Gasteiger partial charge on any atom is -0.480 e. The summed E-state index contributed by atoms with van der Waals surface area (Å²) in [6.07, 6.45) is 3.54. The van der Waals surface area contributed by atoms with Crippen molar-refractivity contribution in [1.82, 2.24) is 19.4 Å². The topological polar surface area (TPSA) is 63.4 Å². The number of aromatic nitrogens is 3. The van der Waals surface area contributed by atoms with Crippen LogP contribution in [0.3, 0.4) is 0 Å². The molecule has 0 unspecified atom stereocenters. The second-order valence-corrected chi connectivity index (χ2v) is 6.07. The maximum atomic E-state index is 10.3. The van der Waals surface area contributed by atoms with E-state index in [1.54, 1.807) is 6.20 Å². The van der Waals surface area contributed by atoms with E-state index in [9.17, 15) is 5.11 Å². The maximum Gasteiger partial charge on any atom is 0.296 e. The molecule has 0 saturated carbocycles. The lowest BCUT2D eigenvalue weighted by molar-refractivity contribution is 0.0307. The molecular weight excluding hydrogens is 304 g/mol. The molecule has 0 aromatic carbocycles. The molecule has 1 N–H and O–H groups in total. The summed E-state index contributed by atoms with van der Waals surface area (Å²) in [6.45, 7) is 6.39. The summed E-state index contributed by atoms with van der Waals surface area (Å²) < 4.78 is 7.27. The van der Waals surface area contributed by atoms with E-state index >= 15 is 0 Å². The number of nitrogens with zero attached hydrogens (tertiary/aromatic N) is 4. The first-order valence-electron chi connectivity index (χ1n) is 7.71. The van der Waals surface area contributed by atoms with Gasteiger partial charge >= 0.3 is 0 Å². The monoisotopic (exact) mass is 324 g/mol. The van der Waals surface area contributed by atoms with Crippen molar-refractivity contribution in [1.29, 1.82) is 0 Å². The lowest BCUT2D eigenvalue weighted by atomic mass is 10.1. The van der Waals surface area contributed by atoms with E-state index in [-0.39, 0.29) is 12.1 Å². The summed E-state index contributed by atoms with van der Waals surface area (Å²) in [5.74, 6) is 0. The highest BCUT2D eigenvalue weighted by atomic mass is 35.5. The van der Waals surface area contributed by atoms with Gasteiger partial charge < -0.3 is 9.84 Å². The molecule has 0 spiro atoms. The molecule has 0 aliphatic carbocycles. The van der Waals surface area contributed by atoms with Gasteiger partial charge in [-0.1, -0.05) is 24.9 Å². The first-order valence-corrected chi connectivity index (χ1v) is 8.09. The van der Waals surface area contributed by atoms with Crippen molar-refractivity contribution in [3.8, 4) is 6.01 Å². The molecule has 1 aliphatic heterocycles. The average molecular weight is 325 g/mol. The Bertz CT molecular complexity index is 640. The van der Waals surface area contributed by atoms with Crippen molar-refractivity contribution in [2.75, 3.05) is 32.8 Å². The van der Waals surface area contributed by atoms with Gasteiger partial charge in [-0.2, -0.15) is 4.98 Å². The van der Waals surface area contributed by atoms with Crippen molar-refractivity contribution in [3.63, 3.8) is 0 Å². The number of halogens is 1. The van der Waals surface area contributed by atoms with Crippen LogP contribution in [0.1, 0.15) is 25.8 Å². The Labute approximate surface area is 134 Å². The van der Waals surface area contributed by atoms with E-state index in [1.807, 2.05) is 10.6 Å². The van der Waals surface area contributed by atoms with Crippen LogP contribution in [-0.4, -0.2) is 57.4 Å². The molecule has 0 amide bonds. The highest BCUT2D eigenvalue weighted by Gasteiger charge is 2.23. The minimum atomic E-state index is 0.0106. The number of aromatic hydroxyl groups is 1. The largest absolute Gasteiger partial charge is 0.480 e. The van der Waals surface area contributed by atoms with Gasteiger partial charge in [0.2, 0.25) is 0 Å². The van der Waals surface area contributed by atoms with Gasteiger partial charge in [0.05, 0.1) is 29.8 Å². The summed E-state index contributed by atoms with van der Waals surface area (Å²) in [7, 11) is 0. The van der Waals surface area contributed by atoms with Crippen LogP contribution in [0.2, 0.25) is 5.02 Å². The Balaban J connectivity index is 1.93. The van der Waals surface area contributed by atoms with E-state index < -0.39 is 0 Å². The van der Waals surface area contributed by atoms with Crippen LogP contribution in [-0.2, 0) is 4.74 Å². The van der Waals surface area contributed by atoms with Gasteiger partial charge in [-0.15, -0.1) is 0 Å². The predicted molar refractivity (Wildman–Crippen MR) is 85.4 cm³/mol. The second-order valence-electron chi connectivity index (χ2n) is 5.63. The zero-order valence-corrected chi connectivity index (χ0v) is 13.5. The molecule has 1 fully saturated rings. The Morgan fingerprint density at radius 1 is 1.41 bits per heavy atom. The number of hydrogen-bond acceptors (Lipinski definition) is 5. The van der Waals surface area contributed by atoms with Crippen LogP contribution in [0, 0.1) is 0 Å². The normalized spacial score (nSPS) is 17.9. The van der Waals surface area contributed by atoms with Crippen molar-refractivity contribution in [2.24, 2.45) is 0 Å². The molecule has 6 nitrogen and oxygen atoms in total. The van der Waals surface area contributed by atoms with Gasteiger partial charge in [0, 0.05) is 25.8 Å².